The van der Waals surface area contributed by atoms with Crippen LogP contribution in [0.4, 0.5) is 0 Å². The number of carbonyl (C=O) groups excluding carboxylic acids is 1. The predicted molar refractivity (Wildman–Crippen MR) is 156 cm³/mol. The van der Waals surface area contributed by atoms with Crippen molar-refractivity contribution >= 4 is 5.78 Å². The van der Waals surface area contributed by atoms with Crippen molar-refractivity contribution in [3.8, 4) is 23.0 Å². The molecule has 0 aromatic heterocycles. The Morgan fingerprint density at radius 3 is 1.23 bits per heavy atom. The molecule has 0 heterocycles. The van der Waals surface area contributed by atoms with Crippen LogP contribution in [0.5, 0.6) is 23.0 Å². The summed E-state index contributed by atoms with van der Waals surface area (Å²) in [5.74, 6) is 2.77. The van der Waals surface area contributed by atoms with E-state index in [0.717, 1.165) is 22.6 Å². The minimum Gasteiger partial charge on any atom is -0.496 e. The van der Waals surface area contributed by atoms with Crippen molar-refractivity contribution in [3.63, 3.8) is 0 Å². The lowest BCUT2D eigenvalue weighted by Gasteiger charge is -2.25. The molecule has 39 heavy (non-hydrogen) atoms. The lowest BCUT2D eigenvalue weighted by Crippen LogP contribution is -2.29. The number of ether oxygens (including phenoxy) is 4. The lowest BCUT2D eigenvalue weighted by atomic mass is 9.96. The van der Waals surface area contributed by atoms with Gasteiger partial charge in [-0.25, -0.2) is 0 Å². The van der Waals surface area contributed by atoms with Gasteiger partial charge >= 0.3 is 0 Å². The van der Waals surface area contributed by atoms with Gasteiger partial charge in [0.1, 0.15) is 23.0 Å². The van der Waals surface area contributed by atoms with Gasteiger partial charge in [-0.1, -0.05) is 60.7 Å². The number of methoxy groups -OCH3 is 4. The van der Waals surface area contributed by atoms with Gasteiger partial charge in [0.25, 0.3) is 0 Å². The molecule has 1 N–H and O–H groups in total. The molecule has 0 radical (unpaired) electrons. The van der Waals surface area contributed by atoms with Gasteiger partial charge in [0.2, 0.25) is 0 Å². The van der Waals surface area contributed by atoms with Crippen molar-refractivity contribution in [2.24, 2.45) is 0 Å². The molecule has 0 aliphatic heterocycles. The van der Waals surface area contributed by atoms with Crippen LogP contribution in [0, 0.1) is 0 Å². The third-order valence-corrected chi connectivity index (χ3v) is 6.10. The zero-order chi connectivity index (χ0) is 28.2. The van der Waals surface area contributed by atoms with Gasteiger partial charge in [0.15, 0.2) is 5.78 Å². The Hall–Kier alpha value is -4.29. The molecule has 204 valence electrons. The Labute approximate surface area is 231 Å². The van der Waals surface area contributed by atoms with Crippen molar-refractivity contribution in [3.05, 3.63) is 119 Å². The minimum atomic E-state index is -0.107. The van der Waals surface area contributed by atoms with Crippen LogP contribution in [-0.2, 0) is 0 Å². The fraction of sp³-hybridized carbons (Fsp3) is 0.242. The number of para-hydroxylation sites is 4. The maximum absolute atomic E-state index is 12.4. The lowest BCUT2D eigenvalue weighted by molar-refractivity contribution is 0.103. The Morgan fingerprint density at radius 2 is 0.872 bits per heavy atom. The monoisotopic (exact) mass is 527 g/mol. The summed E-state index contributed by atoms with van der Waals surface area (Å²) in [6.07, 6.45) is 0. The van der Waals surface area contributed by atoms with Gasteiger partial charge in [-0.2, -0.15) is 0 Å². The van der Waals surface area contributed by atoms with E-state index in [-0.39, 0.29) is 11.8 Å². The molecule has 0 spiro atoms. The van der Waals surface area contributed by atoms with E-state index in [0.29, 0.717) is 28.7 Å². The largest absolute Gasteiger partial charge is 0.496 e. The standard InChI is InChI=1S/C18H23NO2.C15H14O3/c1-13(2)19-18(14-9-5-7-11-16(14)20-3)15-10-6-8-12-17(15)21-4;1-17-13-9-5-3-7-11(13)15(16)12-8-4-6-10-14(12)18-2/h5-13,18-19H,1-4H3;3-10H,1-2H3. The van der Waals surface area contributed by atoms with Crippen LogP contribution in [0.25, 0.3) is 0 Å². The van der Waals surface area contributed by atoms with Gasteiger partial charge in [-0.05, 0) is 50.2 Å². The molecule has 0 bridgehead atoms. The molecule has 4 aromatic rings. The van der Waals surface area contributed by atoms with Crippen molar-refractivity contribution in [2.45, 2.75) is 25.9 Å². The first-order valence-electron chi connectivity index (χ1n) is 12.8. The summed E-state index contributed by atoms with van der Waals surface area (Å²) >= 11 is 0. The summed E-state index contributed by atoms with van der Waals surface area (Å²) in [4.78, 5) is 12.4. The van der Waals surface area contributed by atoms with E-state index in [1.165, 1.54) is 0 Å². The molecule has 0 saturated carbocycles. The molecular formula is C33H37NO5. The first kappa shape index (κ1) is 29.3. The van der Waals surface area contributed by atoms with E-state index in [1.807, 2.05) is 60.7 Å². The summed E-state index contributed by atoms with van der Waals surface area (Å²) in [5.41, 5.74) is 3.28. The Morgan fingerprint density at radius 1 is 0.538 bits per heavy atom. The van der Waals surface area contributed by atoms with E-state index in [1.54, 1.807) is 52.7 Å². The highest BCUT2D eigenvalue weighted by Gasteiger charge is 2.22. The van der Waals surface area contributed by atoms with Crippen molar-refractivity contribution < 1.29 is 23.7 Å². The zero-order valence-corrected chi connectivity index (χ0v) is 23.4. The first-order valence-corrected chi connectivity index (χ1v) is 12.8. The molecule has 0 amide bonds. The molecule has 4 rings (SSSR count). The highest BCUT2D eigenvalue weighted by molar-refractivity contribution is 6.12. The summed E-state index contributed by atoms with van der Waals surface area (Å²) in [6, 6.07) is 30.8. The second-order valence-corrected chi connectivity index (χ2v) is 8.97. The molecule has 0 saturated heterocycles. The average Bonchev–Trinajstić information content (AvgIpc) is 2.99. The number of rotatable bonds is 10. The van der Waals surface area contributed by atoms with Gasteiger partial charge in [0, 0.05) is 17.2 Å². The molecule has 0 aliphatic carbocycles. The van der Waals surface area contributed by atoms with Crippen LogP contribution >= 0.6 is 0 Å². The number of hydrogen-bond donors (Lipinski definition) is 1. The number of benzene rings is 4. The maximum atomic E-state index is 12.4. The Balaban J connectivity index is 0.000000218. The van der Waals surface area contributed by atoms with Gasteiger partial charge in [-0.15, -0.1) is 0 Å². The number of ketones is 1. The van der Waals surface area contributed by atoms with Crippen LogP contribution in [0.1, 0.15) is 46.9 Å². The van der Waals surface area contributed by atoms with Gasteiger partial charge in [0.05, 0.1) is 45.6 Å². The highest BCUT2D eigenvalue weighted by atomic mass is 16.5. The summed E-state index contributed by atoms with van der Waals surface area (Å²) in [7, 11) is 6.50. The predicted octanol–water partition coefficient (Wildman–Crippen LogP) is 6.73. The zero-order valence-electron chi connectivity index (χ0n) is 23.4. The third kappa shape index (κ3) is 7.39. The Kier molecular flexibility index (Phi) is 11.0. The summed E-state index contributed by atoms with van der Waals surface area (Å²) < 4.78 is 21.4. The summed E-state index contributed by atoms with van der Waals surface area (Å²) in [6.45, 7) is 4.27. The fourth-order valence-electron chi connectivity index (χ4n) is 4.30. The van der Waals surface area contributed by atoms with E-state index in [2.05, 4.69) is 31.3 Å². The summed E-state index contributed by atoms with van der Waals surface area (Å²) in [5, 5.41) is 3.60. The first-order chi connectivity index (χ1) is 18.9. The van der Waals surface area contributed by atoms with Gasteiger partial charge in [-0.3, -0.25) is 4.79 Å². The smallest absolute Gasteiger partial charge is 0.200 e. The van der Waals surface area contributed by atoms with Crippen LogP contribution < -0.4 is 24.3 Å². The van der Waals surface area contributed by atoms with E-state index >= 15 is 0 Å². The number of nitrogens with one attached hydrogen (secondary N) is 1. The van der Waals surface area contributed by atoms with Crippen LogP contribution in [0.2, 0.25) is 0 Å². The molecule has 6 nitrogen and oxygen atoms in total. The van der Waals surface area contributed by atoms with E-state index in [4.69, 9.17) is 18.9 Å². The quantitative estimate of drug-likeness (QED) is 0.231. The second-order valence-electron chi connectivity index (χ2n) is 8.97. The second kappa shape index (κ2) is 14.6. The molecule has 0 aliphatic rings. The van der Waals surface area contributed by atoms with Crippen LogP contribution in [0.15, 0.2) is 97.1 Å². The third-order valence-electron chi connectivity index (χ3n) is 6.10. The molecule has 0 fully saturated rings. The maximum Gasteiger partial charge on any atom is 0.200 e. The van der Waals surface area contributed by atoms with Crippen molar-refractivity contribution in [1.82, 2.24) is 5.32 Å². The average molecular weight is 528 g/mol. The van der Waals surface area contributed by atoms with Crippen LogP contribution in [0.3, 0.4) is 0 Å². The normalized spacial score (nSPS) is 10.5. The molecule has 0 unspecified atom stereocenters. The SMILES string of the molecule is COc1ccccc1C(=O)c1ccccc1OC.COc1ccccc1C(NC(C)C)c1ccccc1OC. The minimum absolute atomic E-state index is 0.0253. The molecule has 4 aromatic carbocycles. The highest BCUT2D eigenvalue weighted by Crippen LogP contribution is 2.35. The van der Waals surface area contributed by atoms with Crippen molar-refractivity contribution in [2.75, 3.05) is 28.4 Å². The number of hydrogen-bond acceptors (Lipinski definition) is 6. The topological polar surface area (TPSA) is 66.0 Å². The van der Waals surface area contributed by atoms with Crippen LogP contribution in [-0.4, -0.2) is 40.3 Å². The van der Waals surface area contributed by atoms with E-state index in [9.17, 15) is 4.79 Å². The molecule has 0 atom stereocenters. The molecular weight excluding hydrogens is 490 g/mol. The Bertz CT molecular complexity index is 1250. The fourth-order valence-corrected chi connectivity index (χ4v) is 4.30. The van der Waals surface area contributed by atoms with Gasteiger partial charge < -0.3 is 24.3 Å². The van der Waals surface area contributed by atoms with E-state index < -0.39 is 0 Å². The number of carbonyl (C=O) groups is 1. The molecule has 6 heteroatoms. The van der Waals surface area contributed by atoms with Crippen molar-refractivity contribution in [1.29, 1.82) is 0 Å².